The number of nitrogens with one attached hydrogen (secondary N) is 1. The highest BCUT2D eigenvalue weighted by Gasteiger charge is 2.20. The molecular formula is C13H25N5. The fourth-order valence-corrected chi connectivity index (χ4v) is 2.57. The van der Waals surface area contributed by atoms with Gasteiger partial charge in [0.2, 0.25) is 0 Å². The molecule has 1 fully saturated rings. The first-order valence-corrected chi connectivity index (χ1v) is 6.92. The number of likely N-dealkylation sites (tertiary alicyclic amines) is 1. The fourth-order valence-electron chi connectivity index (χ4n) is 2.57. The Kier molecular flexibility index (Phi) is 4.72. The van der Waals surface area contributed by atoms with Crippen molar-refractivity contribution in [1.82, 2.24) is 25.0 Å². The summed E-state index contributed by atoms with van der Waals surface area (Å²) in [5.41, 5.74) is 0. The zero-order valence-corrected chi connectivity index (χ0v) is 11.8. The van der Waals surface area contributed by atoms with Crippen molar-refractivity contribution in [2.75, 3.05) is 26.7 Å². The molecule has 1 aliphatic rings. The van der Waals surface area contributed by atoms with Gasteiger partial charge in [0.25, 0.3) is 0 Å². The first-order valence-electron chi connectivity index (χ1n) is 6.92. The average Bonchev–Trinajstić information content (AvgIpc) is 2.70. The Balaban J connectivity index is 1.78. The number of hydrogen-bond acceptors (Lipinski definition) is 4. The van der Waals surface area contributed by atoms with Crippen LogP contribution >= 0.6 is 0 Å². The van der Waals surface area contributed by atoms with Crippen LogP contribution in [-0.2, 0) is 13.6 Å². The Labute approximate surface area is 110 Å². The Morgan fingerprint density at radius 2 is 2.00 bits per heavy atom. The maximum Gasteiger partial charge on any atom is 0.146 e. The lowest BCUT2D eigenvalue weighted by Gasteiger charge is -2.31. The molecule has 5 heteroatoms. The Morgan fingerprint density at radius 1 is 1.28 bits per heavy atom. The van der Waals surface area contributed by atoms with Gasteiger partial charge in [-0.05, 0) is 58.8 Å². The maximum absolute atomic E-state index is 4.24. The van der Waals surface area contributed by atoms with Gasteiger partial charge >= 0.3 is 0 Å². The molecule has 2 rings (SSSR count). The average molecular weight is 251 g/mol. The molecule has 0 unspecified atom stereocenters. The summed E-state index contributed by atoms with van der Waals surface area (Å²) >= 11 is 0. The molecular weight excluding hydrogens is 226 g/mol. The molecule has 1 aromatic rings. The van der Waals surface area contributed by atoms with Crippen molar-refractivity contribution in [3.63, 3.8) is 0 Å². The lowest BCUT2D eigenvalue weighted by Crippen LogP contribution is -2.34. The number of rotatable bonds is 5. The van der Waals surface area contributed by atoms with E-state index in [2.05, 4.69) is 25.0 Å². The Morgan fingerprint density at radius 3 is 2.56 bits per heavy atom. The molecule has 1 N–H and O–H groups in total. The summed E-state index contributed by atoms with van der Waals surface area (Å²) < 4.78 is 2.09. The predicted octanol–water partition coefficient (Wildman–Crippen LogP) is 0.945. The van der Waals surface area contributed by atoms with E-state index in [1.165, 1.54) is 32.4 Å². The first-order chi connectivity index (χ1) is 8.70. The molecule has 0 aliphatic carbocycles. The number of hydrogen-bond donors (Lipinski definition) is 1. The lowest BCUT2D eigenvalue weighted by atomic mass is 9.93. The van der Waals surface area contributed by atoms with E-state index in [-0.39, 0.29) is 0 Å². The van der Waals surface area contributed by atoms with Crippen LogP contribution in [0, 0.1) is 12.8 Å². The van der Waals surface area contributed by atoms with E-state index >= 15 is 0 Å². The summed E-state index contributed by atoms with van der Waals surface area (Å²) in [5, 5.41) is 11.6. The third-order valence-corrected chi connectivity index (χ3v) is 4.06. The number of aryl methyl sites for hydroxylation is 1. The molecule has 0 amide bonds. The summed E-state index contributed by atoms with van der Waals surface area (Å²) in [4.78, 5) is 2.50. The summed E-state index contributed by atoms with van der Waals surface area (Å²) in [5.74, 6) is 2.98. The van der Waals surface area contributed by atoms with Gasteiger partial charge in [0, 0.05) is 7.05 Å². The zero-order chi connectivity index (χ0) is 13.0. The standard InChI is InChI=1S/C13H25N5/c1-11-15-16-13(17(11)3)10-18-8-5-12(6-9-18)4-7-14-2/h12,14H,4-10H2,1-3H3. The molecule has 1 aromatic heterocycles. The van der Waals surface area contributed by atoms with Crippen LogP contribution in [0.2, 0.25) is 0 Å². The van der Waals surface area contributed by atoms with Crippen molar-refractivity contribution in [3.05, 3.63) is 11.6 Å². The third kappa shape index (κ3) is 3.29. The van der Waals surface area contributed by atoms with Gasteiger partial charge in [-0.15, -0.1) is 10.2 Å². The van der Waals surface area contributed by atoms with Crippen molar-refractivity contribution in [2.24, 2.45) is 13.0 Å². The van der Waals surface area contributed by atoms with Crippen molar-refractivity contribution in [2.45, 2.75) is 32.7 Å². The van der Waals surface area contributed by atoms with E-state index in [9.17, 15) is 0 Å². The highest BCUT2D eigenvalue weighted by molar-refractivity contribution is 4.93. The number of nitrogens with zero attached hydrogens (tertiary/aromatic N) is 4. The smallest absolute Gasteiger partial charge is 0.146 e. The van der Waals surface area contributed by atoms with E-state index in [0.29, 0.717) is 0 Å². The summed E-state index contributed by atoms with van der Waals surface area (Å²) in [6.45, 7) is 6.48. The van der Waals surface area contributed by atoms with Gasteiger partial charge in [0.05, 0.1) is 6.54 Å². The first kappa shape index (κ1) is 13.5. The second kappa shape index (κ2) is 6.29. The van der Waals surface area contributed by atoms with E-state index in [4.69, 9.17) is 0 Å². The lowest BCUT2D eigenvalue weighted by molar-refractivity contribution is 0.167. The second-order valence-electron chi connectivity index (χ2n) is 5.33. The molecule has 1 aliphatic heterocycles. The SMILES string of the molecule is CNCCC1CCN(Cc2nnc(C)n2C)CC1. The number of piperidine rings is 1. The van der Waals surface area contributed by atoms with Gasteiger partial charge in [0.15, 0.2) is 0 Å². The molecule has 18 heavy (non-hydrogen) atoms. The highest BCUT2D eigenvalue weighted by Crippen LogP contribution is 2.21. The van der Waals surface area contributed by atoms with Crippen LogP contribution in [0.3, 0.4) is 0 Å². The summed E-state index contributed by atoms with van der Waals surface area (Å²) in [6.07, 6.45) is 3.95. The molecule has 102 valence electrons. The van der Waals surface area contributed by atoms with Crippen LogP contribution in [0.15, 0.2) is 0 Å². The monoisotopic (exact) mass is 251 g/mol. The minimum Gasteiger partial charge on any atom is -0.320 e. The van der Waals surface area contributed by atoms with E-state index in [1.807, 2.05) is 21.0 Å². The molecule has 5 nitrogen and oxygen atoms in total. The highest BCUT2D eigenvalue weighted by atomic mass is 15.3. The van der Waals surface area contributed by atoms with Crippen molar-refractivity contribution >= 4 is 0 Å². The molecule has 0 saturated carbocycles. The largest absolute Gasteiger partial charge is 0.320 e. The normalized spacial score (nSPS) is 18.4. The van der Waals surface area contributed by atoms with E-state index in [1.54, 1.807) is 0 Å². The third-order valence-electron chi connectivity index (χ3n) is 4.06. The van der Waals surface area contributed by atoms with Crippen LogP contribution in [0.25, 0.3) is 0 Å². The zero-order valence-electron chi connectivity index (χ0n) is 11.8. The molecule has 2 heterocycles. The van der Waals surface area contributed by atoms with Crippen LogP contribution in [0.4, 0.5) is 0 Å². The van der Waals surface area contributed by atoms with Crippen LogP contribution in [0.5, 0.6) is 0 Å². The van der Waals surface area contributed by atoms with Gasteiger partial charge in [0.1, 0.15) is 11.6 Å². The minimum atomic E-state index is 0.898. The maximum atomic E-state index is 4.24. The van der Waals surface area contributed by atoms with Crippen LogP contribution < -0.4 is 5.32 Å². The van der Waals surface area contributed by atoms with Crippen molar-refractivity contribution in [3.8, 4) is 0 Å². The molecule has 1 saturated heterocycles. The van der Waals surface area contributed by atoms with Gasteiger partial charge in [-0.1, -0.05) is 0 Å². The Bertz CT molecular complexity index is 365. The topological polar surface area (TPSA) is 46.0 Å². The molecule has 0 radical (unpaired) electrons. The Hall–Kier alpha value is -0.940. The van der Waals surface area contributed by atoms with Gasteiger partial charge in [-0.3, -0.25) is 4.90 Å². The van der Waals surface area contributed by atoms with Crippen molar-refractivity contribution in [1.29, 1.82) is 0 Å². The summed E-state index contributed by atoms with van der Waals surface area (Å²) in [6, 6.07) is 0. The van der Waals surface area contributed by atoms with Crippen LogP contribution in [0.1, 0.15) is 30.9 Å². The second-order valence-corrected chi connectivity index (χ2v) is 5.33. The quantitative estimate of drug-likeness (QED) is 0.846. The molecule has 0 aromatic carbocycles. The van der Waals surface area contributed by atoms with Gasteiger partial charge in [-0.25, -0.2) is 0 Å². The molecule has 0 atom stereocenters. The fraction of sp³-hybridized carbons (Fsp3) is 0.846. The van der Waals surface area contributed by atoms with Gasteiger partial charge in [-0.2, -0.15) is 0 Å². The molecule has 0 spiro atoms. The van der Waals surface area contributed by atoms with Crippen LogP contribution in [-0.4, -0.2) is 46.3 Å². The van der Waals surface area contributed by atoms with Gasteiger partial charge < -0.3 is 9.88 Å². The number of aromatic nitrogens is 3. The van der Waals surface area contributed by atoms with Crippen molar-refractivity contribution < 1.29 is 0 Å². The molecule has 0 bridgehead atoms. The minimum absolute atomic E-state index is 0.898. The summed E-state index contributed by atoms with van der Waals surface area (Å²) in [7, 11) is 4.08. The predicted molar refractivity (Wildman–Crippen MR) is 72.3 cm³/mol. The van der Waals surface area contributed by atoms with E-state index in [0.717, 1.165) is 30.7 Å². The van der Waals surface area contributed by atoms with E-state index < -0.39 is 0 Å².